The highest BCUT2D eigenvalue weighted by Gasteiger charge is 2.37. The van der Waals surface area contributed by atoms with Crippen LogP contribution in [0.15, 0.2) is 42.7 Å². The number of carbonyl (C=O) groups excluding carboxylic acids is 1. The summed E-state index contributed by atoms with van der Waals surface area (Å²) < 4.78 is 7.60. The maximum atomic E-state index is 12.6. The Morgan fingerprint density at radius 2 is 2.09 bits per heavy atom. The van der Waals surface area contributed by atoms with Crippen molar-refractivity contribution < 1.29 is 9.53 Å². The van der Waals surface area contributed by atoms with Crippen LogP contribution < -0.4 is 4.90 Å². The van der Waals surface area contributed by atoms with Crippen LogP contribution in [0.2, 0.25) is 0 Å². The Hall–Kier alpha value is -2.14. The lowest BCUT2D eigenvalue weighted by atomic mass is 9.81. The van der Waals surface area contributed by atoms with Crippen LogP contribution in [0.1, 0.15) is 25.3 Å². The summed E-state index contributed by atoms with van der Waals surface area (Å²) in [5, 5.41) is 4.15. The van der Waals surface area contributed by atoms with Gasteiger partial charge < -0.3 is 9.64 Å². The Kier molecular flexibility index (Phi) is 4.76. The van der Waals surface area contributed by atoms with E-state index in [1.165, 1.54) is 5.56 Å². The van der Waals surface area contributed by atoms with Crippen molar-refractivity contribution in [2.75, 3.05) is 11.4 Å². The first-order valence-electron chi connectivity index (χ1n) is 8.13. The van der Waals surface area contributed by atoms with Gasteiger partial charge in [-0.3, -0.25) is 9.48 Å². The number of rotatable bonds is 6. The fraction of sp³-hybridized carbons (Fsp3) is 0.444. The van der Waals surface area contributed by atoms with Crippen LogP contribution in [0.4, 0.5) is 5.69 Å². The number of nitrogens with zero attached hydrogens (tertiary/aromatic N) is 3. The molecule has 0 N–H and O–H groups in total. The molecular weight excluding hydrogens is 290 g/mol. The van der Waals surface area contributed by atoms with Crippen molar-refractivity contribution in [3.8, 4) is 0 Å². The minimum atomic E-state index is 0.0657. The van der Waals surface area contributed by atoms with E-state index in [4.69, 9.17) is 4.74 Å². The van der Waals surface area contributed by atoms with Crippen LogP contribution in [0.5, 0.6) is 0 Å². The summed E-state index contributed by atoms with van der Waals surface area (Å²) in [4.78, 5) is 14.4. The van der Waals surface area contributed by atoms with Crippen LogP contribution in [0.3, 0.4) is 0 Å². The summed E-state index contributed by atoms with van der Waals surface area (Å²) in [6.45, 7) is 3.27. The van der Waals surface area contributed by atoms with Gasteiger partial charge in [-0.05, 0) is 25.3 Å². The fourth-order valence-corrected chi connectivity index (χ4v) is 2.93. The second-order valence-corrected chi connectivity index (χ2v) is 6.04. The number of benzene rings is 1. The summed E-state index contributed by atoms with van der Waals surface area (Å²) in [7, 11) is 1.86. The maximum absolute atomic E-state index is 12.6. The molecule has 5 heteroatoms. The Labute approximate surface area is 136 Å². The molecule has 0 spiro atoms. The zero-order valence-electron chi connectivity index (χ0n) is 13.7. The first kappa shape index (κ1) is 15.7. The Morgan fingerprint density at radius 1 is 1.35 bits per heavy atom. The van der Waals surface area contributed by atoms with Gasteiger partial charge >= 0.3 is 0 Å². The molecule has 0 unspecified atom stereocenters. The maximum Gasteiger partial charge on any atom is 0.230 e. The average Bonchev–Trinajstić information content (AvgIpc) is 2.94. The molecular formula is C18H23N3O2. The van der Waals surface area contributed by atoms with E-state index in [0.29, 0.717) is 13.2 Å². The highest BCUT2D eigenvalue weighted by molar-refractivity contribution is 5.95. The summed E-state index contributed by atoms with van der Waals surface area (Å²) in [5.41, 5.74) is 2.04. The number of aryl methyl sites for hydroxylation is 1. The summed E-state index contributed by atoms with van der Waals surface area (Å²) in [6.07, 6.45) is 5.43. The normalized spacial score (nSPS) is 20.1. The molecule has 1 aliphatic carbocycles. The van der Waals surface area contributed by atoms with Gasteiger partial charge in [-0.15, -0.1) is 0 Å². The first-order chi connectivity index (χ1) is 11.2. The lowest BCUT2D eigenvalue weighted by Crippen LogP contribution is -2.44. The standard InChI is InChI=1S/C18H23N3O2/c1-3-21(16-11-19-20(2)12-16)18(22)15-9-17(10-15)23-13-14-7-5-4-6-8-14/h4-8,11-12,15,17H,3,9-10,13H2,1-2H3. The number of amides is 1. The molecule has 0 saturated heterocycles. The number of aromatic nitrogens is 2. The van der Waals surface area contributed by atoms with E-state index >= 15 is 0 Å². The van der Waals surface area contributed by atoms with Crippen molar-refractivity contribution in [3.63, 3.8) is 0 Å². The lowest BCUT2D eigenvalue weighted by Gasteiger charge is -2.36. The minimum Gasteiger partial charge on any atom is -0.373 e. The molecule has 1 amide bonds. The van der Waals surface area contributed by atoms with Crippen molar-refractivity contribution in [3.05, 3.63) is 48.3 Å². The Balaban J connectivity index is 1.49. The molecule has 1 fully saturated rings. The molecule has 1 aromatic carbocycles. The summed E-state index contributed by atoms with van der Waals surface area (Å²) in [6, 6.07) is 10.1. The molecule has 23 heavy (non-hydrogen) atoms. The molecule has 0 bridgehead atoms. The predicted octanol–water partition coefficient (Wildman–Crippen LogP) is 2.77. The van der Waals surface area contributed by atoms with Gasteiger partial charge in [0.1, 0.15) is 0 Å². The van der Waals surface area contributed by atoms with Gasteiger partial charge in [0.25, 0.3) is 0 Å². The molecule has 3 rings (SSSR count). The van der Waals surface area contributed by atoms with Crippen LogP contribution in [-0.4, -0.2) is 28.3 Å². The zero-order valence-corrected chi connectivity index (χ0v) is 13.7. The predicted molar refractivity (Wildman–Crippen MR) is 89.0 cm³/mol. The zero-order chi connectivity index (χ0) is 16.2. The second-order valence-electron chi connectivity index (χ2n) is 6.04. The number of hydrogen-bond donors (Lipinski definition) is 0. The van der Waals surface area contributed by atoms with Gasteiger partial charge in [0.15, 0.2) is 0 Å². The molecule has 0 aliphatic heterocycles. The van der Waals surface area contributed by atoms with Gasteiger partial charge in [-0.1, -0.05) is 30.3 Å². The van der Waals surface area contributed by atoms with Gasteiger partial charge in [0.05, 0.1) is 24.6 Å². The van der Waals surface area contributed by atoms with Gasteiger partial charge in [0, 0.05) is 25.7 Å². The van der Waals surface area contributed by atoms with E-state index < -0.39 is 0 Å². The number of anilines is 1. The van der Waals surface area contributed by atoms with Gasteiger partial charge in [-0.25, -0.2) is 0 Å². The molecule has 1 aromatic heterocycles. The number of ether oxygens (including phenoxy) is 1. The molecule has 2 aromatic rings. The van der Waals surface area contributed by atoms with Crippen molar-refractivity contribution in [1.29, 1.82) is 0 Å². The third-order valence-corrected chi connectivity index (χ3v) is 4.36. The highest BCUT2D eigenvalue weighted by Crippen LogP contribution is 2.33. The SMILES string of the molecule is CCN(C(=O)C1CC(OCc2ccccc2)C1)c1cnn(C)c1. The van der Waals surface area contributed by atoms with Gasteiger partial charge in [-0.2, -0.15) is 5.10 Å². The topological polar surface area (TPSA) is 47.4 Å². The minimum absolute atomic E-state index is 0.0657. The fourth-order valence-electron chi connectivity index (χ4n) is 2.93. The lowest BCUT2D eigenvalue weighted by molar-refractivity contribution is -0.131. The van der Waals surface area contributed by atoms with E-state index in [0.717, 1.165) is 18.5 Å². The third-order valence-electron chi connectivity index (χ3n) is 4.36. The number of hydrogen-bond acceptors (Lipinski definition) is 3. The van der Waals surface area contributed by atoms with Crippen molar-refractivity contribution in [2.24, 2.45) is 13.0 Å². The van der Waals surface area contributed by atoms with E-state index in [1.807, 2.05) is 43.3 Å². The van der Waals surface area contributed by atoms with Crippen LogP contribution in [-0.2, 0) is 23.2 Å². The van der Waals surface area contributed by atoms with Crippen LogP contribution in [0, 0.1) is 5.92 Å². The van der Waals surface area contributed by atoms with Crippen molar-refractivity contribution >= 4 is 11.6 Å². The smallest absolute Gasteiger partial charge is 0.230 e. The third kappa shape index (κ3) is 3.62. The second kappa shape index (κ2) is 6.96. The van der Waals surface area contributed by atoms with Gasteiger partial charge in [0.2, 0.25) is 5.91 Å². The molecule has 1 aliphatic rings. The van der Waals surface area contributed by atoms with Crippen molar-refractivity contribution in [1.82, 2.24) is 9.78 Å². The summed E-state index contributed by atoms with van der Waals surface area (Å²) >= 11 is 0. The molecule has 122 valence electrons. The van der Waals surface area contributed by atoms with Crippen LogP contribution in [0.25, 0.3) is 0 Å². The van der Waals surface area contributed by atoms with E-state index in [1.54, 1.807) is 10.9 Å². The largest absolute Gasteiger partial charge is 0.373 e. The van der Waals surface area contributed by atoms with E-state index in [-0.39, 0.29) is 17.9 Å². The number of carbonyl (C=O) groups is 1. The molecule has 0 radical (unpaired) electrons. The summed E-state index contributed by atoms with van der Waals surface area (Å²) in [5.74, 6) is 0.246. The molecule has 1 saturated carbocycles. The quantitative estimate of drug-likeness (QED) is 0.824. The molecule has 5 nitrogen and oxygen atoms in total. The Morgan fingerprint density at radius 3 is 2.70 bits per heavy atom. The first-order valence-corrected chi connectivity index (χ1v) is 8.13. The van der Waals surface area contributed by atoms with E-state index in [2.05, 4.69) is 17.2 Å². The monoisotopic (exact) mass is 313 g/mol. The average molecular weight is 313 g/mol. The highest BCUT2D eigenvalue weighted by atomic mass is 16.5. The Bertz CT molecular complexity index is 647. The molecule has 0 atom stereocenters. The molecule has 1 heterocycles. The van der Waals surface area contributed by atoms with Crippen molar-refractivity contribution in [2.45, 2.75) is 32.5 Å². The van der Waals surface area contributed by atoms with E-state index in [9.17, 15) is 4.79 Å². The van der Waals surface area contributed by atoms with Crippen LogP contribution >= 0.6 is 0 Å².